The zero-order chi connectivity index (χ0) is 21.5. The van der Waals surface area contributed by atoms with Gasteiger partial charge in [0.2, 0.25) is 0 Å². The van der Waals surface area contributed by atoms with Crippen LogP contribution in [0.3, 0.4) is 0 Å². The number of hydrogen-bond acceptors (Lipinski definition) is 2. The molecule has 2 aromatic carbocycles. The number of rotatable bonds is 8. The Morgan fingerprint density at radius 2 is 1.80 bits per heavy atom. The summed E-state index contributed by atoms with van der Waals surface area (Å²) in [6.45, 7) is 8.45. The van der Waals surface area contributed by atoms with E-state index in [1.807, 2.05) is 38.1 Å². The highest BCUT2D eigenvalue weighted by Crippen LogP contribution is 2.19. The minimum absolute atomic E-state index is 0.121. The van der Waals surface area contributed by atoms with Gasteiger partial charge in [-0.3, -0.25) is 0 Å². The van der Waals surface area contributed by atoms with Crippen LogP contribution in [0.1, 0.15) is 27.9 Å². The van der Waals surface area contributed by atoms with Crippen molar-refractivity contribution in [1.29, 1.82) is 0 Å². The fourth-order valence-electron chi connectivity index (χ4n) is 3.37. The lowest BCUT2D eigenvalue weighted by molar-refractivity contribution is 0.152. The maximum atomic E-state index is 13.1. The summed E-state index contributed by atoms with van der Waals surface area (Å²) in [5, 5.41) is 3.07. The van der Waals surface area contributed by atoms with E-state index < -0.39 is 0 Å². The summed E-state index contributed by atoms with van der Waals surface area (Å²) in [7, 11) is 1.65. The first-order chi connectivity index (χ1) is 14.5. The van der Waals surface area contributed by atoms with E-state index in [9.17, 15) is 4.79 Å². The lowest BCUT2D eigenvalue weighted by atomic mass is 10.1. The standard InChI is InChI=1S/C25H31N3O2/c1-19-10-12-22(13-11-19)17-27-14-6-8-23(27)18-28(15-16-30-4)25(29)26-24-9-5-7-20(2)21(24)3/h5-14H,15-18H2,1-4H3,(H,26,29). The quantitative estimate of drug-likeness (QED) is 0.564. The molecule has 3 rings (SSSR count). The van der Waals surface area contributed by atoms with E-state index in [4.69, 9.17) is 4.74 Å². The van der Waals surface area contributed by atoms with Crippen LogP contribution in [0.15, 0.2) is 60.8 Å². The summed E-state index contributed by atoms with van der Waals surface area (Å²) in [6.07, 6.45) is 2.06. The van der Waals surface area contributed by atoms with Crippen molar-refractivity contribution in [3.05, 3.63) is 88.7 Å². The number of carbonyl (C=O) groups excluding carboxylic acids is 1. The highest BCUT2D eigenvalue weighted by molar-refractivity contribution is 5.90. The minimum atomic E-state index is -0.121. The maximum absolute atomic E-state index is 13.1. The Bertz CT molecular complexity index is 976. The van der Waals surface area contributed by atoms with Crippen LogP contribution >= 0.6 is 0 Å². The van der Waals surface area contributed by atoms with Crippen molar-refractivity contribution < 1.29 is 9.53 Å². The molecule has 30 heavy (non-hydrogen) atoms. The number of benzene rings is 2. The van der Waals surface area contributed by atoms with Crippen molar-refractivity contribution in [3.8, 4) is 0 Å². The molecule has 2 amide bonds. The van der Waals surface area contributed by atoms with Gasteiger partial charge in [-0.1, -0.05) is 42.0 Å². The van der Waals surface area contributed by atoms with E-state index in [0.29, 0.717) is 19.7 Å². The number of carbonyl (C=O) groups is 1. The van der Waals surface area contributed by atoms with Crippen LogP contribution in [-0.2, 0) is 17.8 Å². The molecule has 158 valence electrons. The average molecular weight is 406 g/mol. The first kappa shape index (κ1) is 21.7. The lowest BCUT2D eigenvalue weighted by Gasteiger charge is -2.24. The van der Waals surface area contributed by atoms with Gasteiger partial charge < -0.3 is 19.5 Å². The number of nitrogens with one attached hydrogen (secondary N) is 1. The van der Waals surface area contributed by atoms with Crippen LogP contribution in [0.5, 0.6) is 0 Å². The number of urea groups is 1. The summed E-state index contributed by atoms with van der Waals surface area (Å²) < 4.78 is 7.43. The molecule has 0 aliphatic carbocycles. The van der Waals surface area contributed by atoms with Crippen molar-refractivity contribution in [2.75, 3.05) is 25.6 Å². The molecule has 0 aliphatic rings. The molecular weight excluding hydrogens is 374 g/mol. The Morgan fingerprint density at radius 3 is 2.53 bits per heavy atom. The van der Waals surface area contributed by atoms with Gasteiger partial charge in [-0.15, -0.1) is 0 Å². The van der Waals surface area contributed by atoms with E-state index in [1.54, 1.807) is 12.0 Å². The number of ether oxygens (including phenoxy) is 1. The summed E-state index contributed by atoms with van der Waals surface area (Å²) >= 11 is 0. The number of amides is 2. The van der Waals surface area contributed by atoms with Crippen LogP contribution in [0.4, 0.5) is 10.5 Å². The average Bonchev–Trinajstić information content (AvgIpc) is 3.17. The number of aryl methyl sites for hydroxylation is 2. The predicted octanol–water partition coefficient (Wildman–Crippen LogP) is 5.14. The molecule has 5 heteroatoms. The molecule has 1 aromatic heterocycles. The molecule has 0 unspecified atom stereocenters. The highest BCUT2D eigenvalue weighted by atomic mass is 16.5. The van der Waals surface area contributed by atoms with Gasteiger partial charge in [0.05, 0.1) is 13.2 Å². The molecule has 0 spiro atoms. The molecule has 1 N–H and O–H groups in total. The molecule has 0 bridgehead atoms. The zero-order valence-electron chi connectivity index (χ0n) is 18.3. The smallest absolute Gasteiger partial charge is 0.322 e. The summed E-state index contributed by atoms with van der Waals surface area (Å²) in [6, 6.07) is 18.5. The van der Waals surface area contributed by atoms with Gasteiger partial charge in [0.25, 0.3) is 0 Å². The summed E-state index contributed by atoms with van der Waals surface area (Å²) in [4.78, 5) is 14.9. The molecular formula is C25H31N3O2. The summed E-state index contributed by atoms with van der Waals surface area (Å²) in [5.74, 6) is 0. The third kappa shape index (κ3) is 5.51. The van der Waals surface area contributed by atoms with Gasteiger partial charge in [-0.2, -0.15) is 0 Å². The van der Waals surface area contributed by atoms with Crippen LogP contribution in [0.25, 0.3) is 0 Å². The van der Waals surface area contributed by atoms with Crippen molar-refractivity contribution in [1.82, 2.24) is 9.47 Å². The Balaban J connectivity index is 1.75. The van der Waals surface area contributed by atoms with E-state index in [2.05, 4.69) is 53.3 Å². The second-order valence-electron chi connectivity index (χ2n) is 7.71. The molecule has 3 aromatic rings. The lowest BCUT2D eigenvalue weighted by Crippen LogP contribution is -2.37. The van der Waals surface area contributed by atoms with Crippen LogP contribution in [0.2, 0.25) is 0 Å². The highest BCUT2D eigenvalue weighted by Gasteiger charge is 2.17. The van der Waals surface area contributed by atoms with Gasteiger partial charge in [-0.25, -0.2) is 4.79 Å². The van der Waals surface area contributed by atoms with Crippen molar-refractivity contribution in [3.63, 3.8) is 0 Å². The molecule has 1 heterocycles. The van der Waals surface area contributed by atoms with Crippen molar-refractivity contribution in [2.24, 2.45) is 0 Å². The third-order valence-electron chi connectivity index (χ3n) is 5.45. The van der Waals surface area contributed by atoms with Crippen molar-refractivity contribution >= 4 is 11.7 Å². The molecule has 0 aliphatic heterocycles. The molecule has 0 saturated carbocycles. The van der Waals surface area contributed by atoms with Gasteiger partial charge in [0.15, 0.2) is 0 Å². The monoisotopic (exact) mass is 405 g/mol. The number of anilines is 1. The molecule has 5 nitrogen and oxygen atoms in total. The van der Waals surface area contributed by atoms with E-state index in [1.165, 1.54) is 11.1 Å². The van der Waals surface area contributed by atoms with Crippen LogP contribution in [-0.4, -0.2) is 35.8 Å². The van der Waals surface area contributed by atoms with Crippen molar-refractivity contribution in [2.45, 2.75) is 33.9 Å². The van der Waals surface area contributed by atoms with Gasteiger partial charge in [-0.05, 0) is 55.7 Å². The van der Waals surface area contributed by atoms with Gasteiger partial charge in [0, 0.05) is 37.8 Å². The maximum Gasteiger partial charge on any atom is 0.322 e. The first-order valence-electron chi connectivity index (χ1n) is 10.3. The van der Waals surface area contributed by atoms with E-state index in [0.717, 1.165) is 29.1 Å². The molecule has 0 radical (unpaired) electrons. The Labute approximate surface area is 179 Å². The Morgan fingerprint density at radius 1 is 1.03 bits per heavy atom. The normalized spacial score (nSPS) is 10.8. The van der Waals surface area contributed by atoms with Crippen LogP contribution < -0.4 is 5.32 Å². The SMILES string of the molecule is COCCN(Cc1cccn1Cc1ccc(C)cc1)C(=O)Nc1cccc(C)c1C. The van der Waals surface area contributed by atoms with Gasteiger partial charge in [0.1, 0.15) is 0 Å². The fraction of sp³-hybridized carbons (Fsp3) is 0.320. The number of aromatic nitrogens is 1. The molecule has 0 saturated heterocycles. The third-order valence-corrected chi connectivity index (χ3v) is 5.45. The first-order valence-corrected chi connectivity index (χ1v) is 10.3. The molecule has 0 fully saturated rings. The number of hydrogen-bond donors (Lipinski definition) is 1. The topological polar surface area (TPSA) is 46.5 Å². The van der Waals surface area contributed by atoms with Crippen LogP contribution in [0, 0.1) is 20.8 Å². The van der Waals surface area contributed by atoms with Gasteiger partial charge >= 0.3 is 6.03 Å². The largest absolute Gasteiger partial charge is 0.383 e. The Kier molecular flexibility index (Phi) is 7.31. The predicted molar refractivity (Wildman–Crippen MR) is 122 cm³/mol. The second-order valence-corrected chi connectivity index (χ2v) is 7.71. The number of nitrogens with zero attached hydrogens (tertiary/aromatic N) is 2. The molecule has 0 atom stereocenters. The zero-order valence-corrected chi connectivity index (χ0v) is 18.3. The number of methoxy groups -OCH3 is 1. The summed E-state index contributed by atoms with van der Waals surface area (Å²) in [5.41, 5.74) is 6.66. The second kappa shape index (κ2) is 10.1. The fourth-order valence-corrected chi connectivity index (χ4v) is 3.37. The Hall–Kier alpha value is -3.05. The van der Waals surface area contributed by atoms with E-state index in [-0.39, 0.29) is 6.03 Å². The minimum Gasteiger partial charge on any atom is -0.383 e. The van der Waals surface area contributed by atoms with E-state index >= 15 is 0 Å².